The molecule has 0 spiro atoms. The first-order valence-electron chi connectivity index (χ1n) is 5.52. The van der Waals surface area contributed by atoms with E-state index in [9.17, 15) is 4.79 Å². The maximum absolute atomic E-state index is 11.5. The van der Waals surface area contributed by atoms with Gasteiger partial charge in [0.1, 0.15) is 6.04 Å². The van der Waals surface area contributed by atoms with Crippen LogP contribution in [0.3, 0.4) is 0 Å². The lowest BCUT2D eigenvalue weighted by Crippen LogP contribution is -2.30. The van der Waals surface area contributed by atoms with Crippen LogP contribution in [0, 0.1) is 0 Å². The topological polar surface area (TPSA) is 59.0 Å². The van der Waals surface area contributed by atoms with Gasteiger partial charge in [-0.25, -0.2) is 4.98 Å². The summed E-state index contributed by atoms with van der Waals surface area (Å²) in [6, 6.07) is 0.190. The molecule has 0 aliphatic heterocycles. The Morgan fingerprint density at radius 2 is 2.19 bits per heavy atom. The molecule has 2 N–H and O–H groups in total. The zero-order valence-electron chi connectivity index (χ0n) is 10.3. The minimum atomic E-state index is -0.225. The maximum Gasteiger partial charge on any atom is 0.242 e. The molecule has 5 heteroatoms. The molecule has 0 aromatic carbocycles. The second-order valence-corrected chi connectivity index (χ2v) is 4.12. The highest BCUT2D eigenvalue weighted by Crippen LogP contribution is 2.10. The van der Waals surface area contributed by atoms with Crippen molar-refractivity contribution in [2.75, 3.05) is 7.05 Å². The summed E-state index contributed by atoms with van der Waals surface area (Å²) in [6.45, 7) is 6.75. The van der Waals surface area contributed by atoms with Gasteiger partial charge in [0.15, 0.2) is 0 Å². The molecule has 16 heavy (non-hydrogen) atoms. The quantitative estimate of drug-likeness (QED) is 0.773. The Hall–Kier alpha value is -1.36. The fourth-order valence-corrected chi connectivity index (χ4v) is 1.46. The van der Waals surface area contributed by atoms with Crippen LogP contribution in [-0.4, -0.2) is 28.5 Å². The molecule has 1 unspecified atom stereocenters. The van der Waals surface area contributed by atoms with Gasteiger partial charge < -0.3 is 15.2 Å². The monoisotopic (exact) mass is 224 g/mol. The predicted octanol–water partition coefficient (Wildman–Crippen LogP) is 0.688. The Labute approximate surface area is 96.3 Å². The van der Waals surface area contributed by atoms with Gasteiger partial charge in [0.05, 0.1) is 12.0 Å². The van der Waals surface area contributed by atoms with Gasteiger partial charge in [-0.1, -0.05) is 13.8 Å². The standard InChI is InChI=1S/C11H20N4O/c1-8(2)14-6-10-5-13-7-15(10)9(3)11(16)12-4/h5,7-9,14H,6H2,1-4H3,(H,12,16). The number of amides is 1. The first-order chi connectivity index (χ1) is 7.56. The molecule has 0 radical (unpaired) electrons. The lowest BCUT2D eigenvalue weighted by Gasteiger charge is -2.16. The highest BCUT2D eigenvalue weighted by molar-refractivity contribution is 5.79. The van der Waals surface area contributed by atoms with Crippen molar-refractivity contribution >= 4 is 5.91 Å². The third-order valence-electron chi connectivity index (χ3n) is 2.48. The summed E-state index contributed by atoms with van der Waals surface area (Å²) in [4.78, 5) is 15.6. The second-order valence-electron chi connectivity index (χ2n) is 4.12. The van der Waals surface area contributed by atoms with Crippen molar-refractivity contribution in [3.05, 3.63) is 18.2 Å². The van der Waals surface area contributed by atoms with Crippen LogP contribution in [0.5, 0.6) is 0 Å². The molecule has 1 heterocycles. The lowest BCUT2D eigenvalue weighted by atomic mass is 10.3. The number of aromatic nitrogens is 2. The number of carbonyl (C=O) groups is 1. The van der Waals surface area contributed by atoms with E-state index in [4.69, 9.17) is 0 Å². The Morgan fingerprint density at radius 1 is 1.50 bits per heavy atom. The van der Waals surface area contributed by atoms with Crippen LogP contribution in [0.2, 0.25) is 0 Å². The first kappa shape index (κ1) is 12.7. The summed E-state index contributed by atoms with van der Waals surface area (Å²) in [5.41, 5.74) is 1.02. The summed E-state index contributed by atoms with van der Waals surface area (Å²) in [6.07, 6.45) is 3.48. The van der Waals surface area contributed by atoms with E-state index in [-0.39, 0.29) is 11.9 Å². The molecule has 90 valence electrons. The predicted molar refractivity (Wildman–Crippen MR) is 63.0 cm³/mol. The molecule has 0 saturated heterocycles. The molecule has 1 aromatic rings. The number of imidazole rings is 1. The van der Waals surface area contributed by atoms with Crippen molar-refractivity contribution in [3.8, 4) is 0 Å². The summed E-state index contributed by atoms with van der Waals surface area (Å²) in [7, 11) is 1.64. The summed E-state index contributed by atoms with van der Waals surface area (Å²) >= 11 is 0. The van der Waals surface area contributed by atoms with Crippen LogP contribution in [0.1, 0.15) is 32.5 Å². The Morgan fingerprint density at radius 3 is 2.75 bits per heavy atom. The van der Waals surface area contributed by atoms with E-state index in [1.165, 1.54) is 0 Å². The van der Waals surface area contributed by atoms with E-state index in [0.29, 0.717) is 6.04 Å². The van der Waals surface area contributed by atoms with E-state index in [2.05, 4.69) is 29.5 Å². The molecule has 0 aliphatic carbocycles. The largest absolute Gasteiger partial charge is 0.357 e. The molecule has 5 nitrogen and oxygen atoms in total. The molecular formula is C11H20N4O. The second kappa shape index (κ2) is 5.65. The van der Waals surface area contributed by atoms with Crippen LogP contribution >= 0.6 is 0 Å². The first-order valence-corrected chi connectivity index (χ1v) is 5.52. The zero-order chi connectivity index (χ0) is 12.1. The molecule has 1 rings (SSSR count). The van der Waals surface area contributed by atoms with Crippen molar-refractivity contribution in [1.29, 1.82) is 0 Å². The van der Waals surface area contributed by atoms with Gasteiger partial charge in [-0.15, -0.1) is 0 Å². The zero-order valence-corrected chi connectivity index (χ0v) is 10.3. The Balaban J connectivity index is 2.73. The maximum atomic E-state index is 11.5. The number of hydrogen-bond acceptors (Lipinski definition) is 3. The minimum absolute atomic E-state index is 0.0104. The molecule has 1 aromatic heterocycles. The third-order valence-corrected chi connectivity index (χ3v) is 2.48. The SMILES string of the molecule is CNC(=O)C(C)n1cncc1CNC(C)C. The summed E-state index contributed by atoms with van der Waals surface area (Å²) < 4.78 is 1.88. The molecular weight excluding hydrogens is 204 g/mol. The van der Waals surface area contributed by atoms with Gasteiger partial charge >= 0.3 is 0 Å². The van der Waals surface area contributed by atoms with Crippen LogP contribution in [0.4, 0.5) is 0 Å². The Bertz CT molecular complexity index is 346. The number of hydrogen-bond donors (Lipinski definition) is 2. The van der Waals surface area contributed by atoms with Crippen LogP contribution in [0.15, 0.2) is 12.5 Å². The third kappa shape index (κ3) is 3.06. The van der Waals surface area contributed by atoms with Crippen molar-refractivity contribution in [1.82, 2.24) is 20.2 Å². The van der Waals surface area contributed by atoms with Crippen LogP contribution < -0.4 is 10.6 Å². The fraction of sp³-hybridized carbons (Fsp3) is 0.636. The minimum Gasteiger partial charge on any atom is -0.357 e. The highest BCUT2D eigenvalue weighted by Gasteiger charge is 2.15. The van der Waals surface area contributed by atoms with Crippen molar-refractivity contribution in [2.45, 2.75) is 39.4 Å². The van der Waals surface area contributed by atoms with Gasteiger partial charge in [-0.2, -0.15) is 0 Å². The van der Waals surface area contributed by atoms with Crippen molar-refractivity contribution in [2.24, 2.45) is 0 Å². The van der Waals surface area contributed by atoms with E-state index >= 15 is 0 Å². The normalized spacial score (nSPS) is 12.8. The summed E-state index contributed by atoms with van der Waals surface area (Å²) in [5, 5.41) is 5.94. The van der Waals surface area contributed by atoms with Crippen LogP contribution in [0.25, 0.3) is 0 Å². The number of rotatable bonds is 5. The van der Waals surface area contributed by atoms with E-state index in [1.54, 1.807) is 19.6 Å². The van der Waals surface area contributed by atoms with Crippen molar-refractivity contribution in [3.63, 3.8) is 0 Å². The smallest absolute Gasteiger partial charge is 0.242 e. The highest BCUT2D eigenvalue weighted by atomic mass is 16.2. The van der Waals surface area contributed by atoms with Gasteiger partial charge in [0.25, 0.3) is 0 Å². The van der Waals surface area contributed by atoms with Gasteiger partial charge in [0, 0.05) is 25.8 Å². The van der Waals surface area contributed by atoms with Gasteiger partial charge in [-0.05, 0) is 6.92 Å². The Kier molecular flexibility index (Phi) is 4.49. The van der Waals surface area contributed by atoms with E-state index in [1.807, 2.05) is 11.5 Å². The number of nitrogens with one attached hydrogen (secondary N) is 2. The molecule has 0 fully saturated rings. The van der Waals surface area contributed by atoms with E-state index in [0.717, 1.165) is 12.2 Å². The van der Waals surface area contributed by atoms with Gasteiger partial charge in [-0.3, -0.25) is 4.79 Å². The number of likely N-dealkylation sites (N-methyl/N-ethyl adjacent to an activating group) is 1. The average molecular weight is 224 g/mol. The van der Waals surface area contributed by atoms with Gasteiger partial charge in [0.2, 0.25) is 5.91 Å². The van der Waals surface area contributed by atoms with Crippen LogP contribution in [-0.2, 0) is 11.3 Å². The fourth-order valence-electron chi connectivity index (χ4n) is 1.46. The van der Waals surface area contributed by atoms with E-state index < -0.39 is 0 Å². The molecule has 1 amide bonds. The molecule has 0 bridgehead atoms. The summed E-state index contributed by atoms with van der Waals surface area (Å²) in [5.74, 6) is -0.0104. The number of nitrogens with zero attached hydrogens (tertiary/aromatic N) is 2. The molecule has 1 atom stereocenters. The molecule has 0 aliphatic rings. The average Bonchev–Trinajstić information content (AvgIpc) is 2.72. The number of carbonyl (C=O) groups excluding carboxylic acids is 1. The molecule has 0 saturated carbocycles. The van der Waals surface area contributed by atoms with Crippen molar-refractivity contribution < 1.29 is 4.79 Å². The lowest BCUT2D eigenvalue weighted by molar-refractivity contribution is -0.123.